The van der Waals surface area contributed by atoms with Crippen LogP contribution in [0.4, 0.5) is 5.69 Å². The fourth-order valence-corrected chi connectivity index (χ4v) is 2.96. The first-order valence-electron chi connectivity index (χ1n) is 8.62. The summed E-state index contributed by atoms with van der Waals surface area (Å²) in [6, 6.07) is 5.18. The van der Waals surface area contributed by atoms with Gasteiger partial charge in [0.1, 0.15) is 17.5 Å². The van der Waals surface area contributed by atoms with E-state index in [4.69, 9.17) is 25.8 Å². The van der Waals surface area contributed by atoms with Gasteiger partial charge in [-0.05, 0) is 51.3 Å². The van der Waals surface area contributed by atoms with Crippen molar-refractivity contribution in [3.63, 3.8) is 0 Å². The van der Waals surface area contributed by atoms with Gasteiger partial charge in [-0.2, -0.15) is 0 Å². The Bertz CT molecular complexity index is 564. The van der Waals surface area contributed by atoms with Gasteiger partial charge in [-0.25, -0.2) is 0 Å². The van der Waals surface area contributed by atoms with Gasteiger partial charge in [-0.3, -0.25) is 4.79 Å². The Kier molecular flexibility index (Phi) is 8.69. The number of ether oxygens (including phenoxy) is 3. The first-order valence-corrected chi connectivity index (χ1v) is 9.00. The second kappa shape index (κ2) is 10.00. The molecule has 0 aliphatic carbocycles. The SMILES string of the molecule is CCO[C@](C)(CC(C)C)C(=O)Nc1ccc(O[C@H](C)COC)c(Cl)c1. The molecular formula is C19H30ClNO4. The summed E-state index contributed by atoms with van der Waals surface area (Å²) in [7, 11) is 1.62. The average molecular weight is 372 g/mol. The highest BCUT2D eigenvalue weighted by Gasteiger charge is 2.34. The quantitative estimate of drug-likeness (QED) is 0.656. The average Bonchev–Trinajstić information content (AvgIpc) is 2.49. The standard InChI is InChI=1S/C19H30ClNO4/c1-7-24-19(5,11-13(2)3)18(22)21-15-8-9-17(16(20)10-15)25-14(4)12-23-6/h8-10,13-14H,7,11-12H2,1-6H3,(H,21,22)/t14-,19-/m1/s1. The maximum atomic E-state index is 12.7. The van der Waals surface area contributed by atoms with E-state index in [0.717, 1.165) is 0 Å². The molecule has 0 aromatic heterocycles. The van der Waals surface area contributed by atoms with E-state index in [9.17, 15) is 4.79 Å². The summed E-state index contributed by atoms with van der Waals surface area (Å²) in [4.78, 5) is 12.7. The molecule has 1 aromatic rings. The van der Waals surface area contributed by atoms with Gasteiger partial charge < -0.3 is 19.5 Å². The number of rotatable bonds is 10. The molecule has 5 nitrogen and oxygen atoms in total. The first-order chi connectivity index (χ1) is 11.7. The largest absolute Gasteiger partial charge is 0.487 e. The van der Waals surface area contributed by atoms with Crippen LogP contribution in [0.5, 0.6) is 5.75 Å². The molecule has 1 amide bonds. The predicted molar refractivity (Wildman–Crippen MR) is 102 cm³/mol. The van der Waals surface area contributed by atoms with Gasteiger partial charge in [0.15, 0.2) is 0 Å². The molecule has 6 heteroatoms. The summed E-state index contributed by atoms with van der Waals surface area (Å²) in [5.74, 6) is 0.712. The lowest BCUT2D eigenvalue weighted by Gasteiger charge is -2.30. The minimum absolute atomic E-state index is 0.116. The number of carbonyl (C=O) groups excluding carboxylic acids is 1. The van der Waals surface area contributed by atoms with Gasteiger partial charge in [0.25, 0.3) is 5.91 Å². The van der Waals surface area contributed by atoms with Crippen LogP contribution in [0.2, 0.25) is 5.02 Å². The molecule has 0 aliphatic heterocycles. The Morgan fingerprint density at radius 2 is 2.00 bits per heavy atom. The van der Waals surface area contributed by atoms with Crippen molar-refractivity contribution in [1.82, 2.24) is 0 Å². The van der Waals surface area contributed by atoms with Gasteiger partial charge in [0, 0.05) is 19.4 Å². The predicted octanol–water partition coefficient (Wildman–Crippen LogP) is 4.53. The van der Waals surface area contributed by atoms with E-state index < -0.39 is 5.60 Å². The highest BCUT2D eigenvalue weighted by atomic mass is 35.5. The molecule has 0 radical (unpaired) electrons. The summed E-state index contributed by atoms with van der Waals surface area (Å²) in [5.41, 5.74) is -0.270. The molecule has 0 bridgehead atoms. The molecular weight excluding hydrogens is 342 g/mol. The van der Waals surface area contributed by atoms with Crippen LogP contribution in [0.3, 0.4) is 0 Å². The van der Waals surface area contributed by atoms with Crippen molar-refractivity contribution in [3.05, 3.63) is 23.2 Å². The molecule has 0 fully saturated rings. The molecule has 142 valence electrons. The van der Waals surface area contributed by atoms with Crippen molar-refractivity contribution < 1.29 is 19.0 Å². The third-order valence-electron chi connectivity index (χ3n) is 3.66. The van der Waals surface area contributed by atoms with E-state index in [1.165, 1.54) is 0 Å². The van der Waals surface area contributed by atoms with E-state index >= 15 is 0 Å². The van der Waals surface area contributed by atoms with Crippen LogP contribution in [-0.2, 0) is 14.3 Å². The number of benzene rings is 1. The van der Waals surface area contributed by atoms with Crippen molar-refractivity contribution >= 4 is 23.2 Å². The molecule has 0 saturated carbocycles. The number of amides is 1. The summed E-state index contributed by atoms with van der Waals surface area (Å²) in [5, 5.41) is 3.32. The molecule has 0 aliphatic rings. The Balaban J connectivity index is 2.84. The highest BCUT2D eigenvalue weighted by Crippen LogP contribution is 2.30. The molecule has 0 saturated heterocycles. The number of halogens is 1. The van der Waals surface area contributed by atoms with Gasteiger partial charge in [-0.1, -0.05) is 25.4 Å². The lowest BCUT2D eigenvalue weighted by atomic mass is 9.93. The Morgan fingerprint density at radius 1 is 1.32 bits per heavy atom. The van der Waals surface area contributed by atoms with Gasteiger partial charge in [-0.15, -0.1) is 0 Å². The fraction of sp³-hybridized carbons (Fsp3) is 0.632. The zero-order chi connectivity index (χ0) is 19.0. The third kappa shape index (κ3) is 6.84. The minimum atomic E-state index is -0.877. The van der Waals surface area contributed by atoms with Crippen molar-refractivity contribution in [2.75, 3.05) is 25.6 Å². The van der Waals surface area contributed by atoms with Crippen molar-refractivity contribution in [3.8, 4) is 5.75 Å². The van der Waals surface area contributed by atoms with Crippen LogP contribution in [0.25, 0.3) is 0 Å². The van der Waals surface area contributed by atoms with Crippen LogP contribution in [0.1, 0.15) is 41.0 Å². The number of anilines is 1. The molecule has 1 aromatic carbocycles. The van der Waals surface area contributed by atoms with E-state index in [0.29, 0.717) is 42.0 Å². The summed E-state index contributed by atoms with van der Waals surface area (Å²) in [6.45, 7) is 10.7. The summed E-state index contributed by atoms with van der Waals surface area (Å²) >= 11 is 6.27. The van der Waals surface area contributed by atoms with E-state index in [1.54, 1.807) is 25.3 Å². The molecule has 0 unspecified atom stereocenters. The van der Waals surface area contributed by atoms with Crippen LogP contribution in [0.15, 0.2) is 18.2 Å². The Labute approximate surface area is 156 Å². The Morgan fingerprint density at radius 3 is 2.52 bits per heavy atom. The van der Waals surface area contributed by atoms with Crippen molar-refractivity contribution in [2.24, 2.45) is 5.92 Å². The Hall–Kier alpha value is -1.30. The number of carbonyl (C=O) groups is 1. The van der Waals surface area contributed by atoms with E-state index in [1.807, 2.05) is 20.8 Å². The second-order valence-electron chi connectivity index (χ2n) is 6.74. The number of methoxy groups -OCH3 is 1. The molecule has 0 spiro atoms. The van der Waals surface area contributed by atoms with E-state index in [-0.39, 0.29) is 12.0 Å². The third-order valence-corrected chi connectivity index (χ3v) is 3.96. The van der Waals surface area contributed by atoms with Gasteiger partial charge in [0.2, 0.25) is 0 Å². The smallest absolute Gasteiger partial charge is 0.256 e. The summed E-state index contributed by atoms with van der Waals surface area (Å²) < 4.78 is 16.5. The molecule has 1 rings (SSSR count). The van der Waals surface area contributed by atoms with Gasteiger partial charge in [0.05, 0.1) is 11.6 Å². The van der Waals surface area contributed by atoms with Crippen LogP contribution >= 0.6 is 11.6 Å². The lowest BCUT2D eigenvalue weighted by molar-refractivity contribution is -0.140. The number of hydrogen-bond donors (Lipinski definition) is 1. The van der Waals surface area contributed by atoms with Crippen molar-refractivity contribution in [2.45, 2.75) is 52.7 Å². The minimum Gasteiger partial charge on any atom is -0.487 e. The van der Waals surface area contributed by atoms with Crippen LogP contribution in [-0.4, -0.2) is 37.9 Å². The number of nitrogens with one attached hydrogen (secondary N) is 1. The first kappa shape index (κ1) is 21.7. The zero-order valence-electron chi connectivity index (χ0n) is 16.0. The van der Waals surface area contributed by atoms with Crippen LogP contribution < -0.4 is 10.1 Å². The highest BCUT2D eigenvalue weighted by molar-refractivity contribution is 6.32. The zero-order valence-corrected chi connectivity index (χ0v) is 16.8. The maximum Gasteiger partial charge on any atom is 0.256 e. The molecule has 1 N–H and O–H groups in total. The lowest BCUT2D eigenvalue weighted by Crippen LogP contribution is -2.43. The van der Waals surface area contributed by atoms with Crippen molar-refractivity contribution in [1.29, 1.82) is 0 Å². The molecule has 2 atom stereocenters. The topological polar surface area (TPSA) is 56.8 Å². The molecule has 25 heavy (non-hydrogen) atoms. The van der Waals surface area contributed by atoms with E-state index in [2.05, 4.69) is 19.2 Å². The summed E-state index contributed by atoms with van der Waals surface area (Å²) in [6.07, 6.45) is 0.520. The fourth-order valence-electron chi connectivity index (χ4n) is 2.74. The van der Waals surface area contributed by atoms with Crippen LogP contribution in [0, 0.1) is 5.92 Å². The molecule has 0 heterocycles. The number of hydrogen-bond acceptors (Lipinski definition) is 4. The normalized spacial score (nSPS) is 14.9. The second-order valence-corrected chi connectivity index (χ2v) is 7.15. The maximum absolute atomic E-state index is 12.7. The van der Waals surface area contributed by atoms with Gasteiger partial charge >= 0.3 is 0 Å². The monoisotopic (exact) mass is 371 g/mol.